The highest BCUT2D eigenvalue weighted by atomic mass is 79.9. The summed E-state index contributed by atoms with van der Waals surface area (Å²) in [5.74, 6) is 0. The third-order valence-electron chi connectivity index (χ3n) is 2.85. The minimum absolute atomic E-state index is 0.482. The van der Waals surface area contributed by atoms with Gasteiger partial charge in [-0.1, -0.05) is 6.92 Å². The van der Waals surface area contributed by atoms with E-state index in [0.717, 1.165) is 25.1 Å². The number of thiazole rings is 1. The standard InChI is InChI=1S/C14H19BrN2S2/c1-3-6-16-11(7-12-4-5-13(15)19-12)8-14-17-10(2)9-18-14/h4-5,9,11,16H,3,6-8H2,1-2H3. The summed E-state index contributed by atoms with van der Waals surface area (Å²) in [4.78, 5) is 6.00. The molecule has 1 N–H and O–H groups in total. The lowest BCUT2D eigenvalue weighted by molar-refractivity contribution is 0.506. The van der Waals surface area contributed by atoms with Crippen molar-refractivity contribution in [1.29, 1.82) is 0 Å². The molecule has 2 heterocycles. The molecule has 0 saturated carbocycles. The van der Waals surface area contributed by atoms with Gasteiger partial charge >= 0.3 is 0 Å². The normalized spacial score (nSPS) is 12.8. The Morgan fingerprint density at radius 1 is 1.37 bits per heavy atom. The summed E-state index contributed by atoms with van der Waals surface area (Å²) in [7, 11) is 0. The summed E-state index contributed by atoms with van der Waals surface area (Å²) in [6.07, 6.45) is 3.27. The summed E-state index contributed by atoms with van der Waals surface area (Å²) in [5, 5.41) is 7.01. The molecular weight excluding hydrogens is 340 g/mol. The van der Waals surface area contributed by atoms with Crippen molar-refractivity contribution in [1.82, 2.24) is 10.3 Å². The van der Waals surface area contributed by atoms with E-state index in [-0.39, 0.29) is 0 Å². The topological polar surface area (TPSA) is 24.9 Å². The molecule has 0 spiro atoms. The first kappa shape index (κ1) is 15.2. The second kappa shape index (κ2) is 7.53. The second-order valence-corrected chi connectivity index (χ2v) is 8.14. The molecule has 0 aromatic carbocycles. The monoisotopic (exact) mass is 358 g/mol. The van der Waals surface area contributed by atoms with Crippen molar-refractivity contribution < 1.29 is 0 Å². The van der Waals surface area contributed by atoms with Crippen LogP contribution in [0.4, 0.5) is 0 Å². The maximum Gasteiger partial charge on any atom is 0.0943 e. The maximum atomic E-state index is 4.58. The highest BCUT2D eigenvalue weighted by Gasteiger charge is 2.13. The van der Waals surface area contributed by atoms with E-state index in [4.69, 9.17) is 0 Å². The lowest BCUT2D eigenvalue weighted by Crippen LogP contribution is -2.33. The number of aryl methyl sites for hydroxylation is 1. The van der Waals surface area contributed by atoms with Crippen LogP contribution in [0.25, 0.3) is 0 Å². The molecule has 0 aliphatic rings. The molecule has 0 amide bonds. The Hall–Kier alpha value is -0.230. The first-order chi connectivity index (χ1) is 9.17. The summed E-state index contributed by atoms with van der Waals surface area (Å²) < 4.78 is 1.21. The summed E-state index contributed by atoms with van der Waals surface area (Å²) >= 11 is 7.13. The van der Waals surface area contributed by atoms with Crippen LogP contribution in [0.1, 0.15) is 28.9 Å². The molecule has 1 atom stereocenters. The lowest BCUT2D eigenvalue weighted by Gasteiger charge is -2.16. The van der Waals surface area contributed by atoms with E-state index in [0.29, 0.717) is 6.04 Å². The molecule has 5 heteroatoms. The van der Waals surface area contributed by atoms with Crippen molar-refractivity contribution in [3.8, 4) is 0 Å². The number of rotatable bonds is 7. The molecule has 0 radical (unpaired) electrons. The van der Waals surface area contributed by atoms with Crippen molar-refractivity contribution in [2.75, 3.05) is 6.54 Å². The molecule has 0 saturated heterocycles. The Balaban J connectivity index is 1.98. The fourth-order valence-electron chi connectivity index (χ4n) is 1.98. The third-order valence-corrected chi connectivity index (χ3v) is 5.48. The minimum Gasteiger partial charge on any atom is -0.313 e. The average molecular weight is 359 g/mol. The first-order valence-electron chi connectivity index (χ1n) is 6.56. The quantitative estimate of drug-likeness (QED) is 0.791. The van der Waals surface area contributed by atoms with Gasteiger partial charge in [-0.15, -0.1) is 22.7 Å². The minimum atomic E-state index is 0.482. The summed E-state index contributed by atoms with van der Waals surface area (Å²) in [6.45, 7) is 5.34. The number of nitrogens with zero attached hydrogens (tertiary/aromatic N) is 1. The molecular formula is C14H19BrN2S2. The van der Waals surface area contributed by atoms with Crippen molar-refractivity contribution in [2.45, 2.75) is 39.2 Å². The number of aromatic nitrogens is 1. The van der Waals surface area contributed by atoms with Crippen LogP contribution >= 0.6 is 38.6 Å². The zero-order valence-electron chi connectivity index (χ0n) is 11.3. The van der Waals surface area contributed by atoms with E-state index in [1.54, 1.807) is 11.3 Å². The van der Waals surface area contributed by atoms with Gasteiger partial charge in [-0.25, -0.2) is 4.98 Å². The number of nitrogens with one attached hydrogen (secondary N) is 1. The Morgan fingerprint density at radius 3 is 2.79 bits per heavy atom. The number of hydrogen-bond donors (Lipinski definition) is 1. The Bertz CT molecular complexity index is 465. The summed E-state index contributed by atoms with van der Waals surface area (Å²) in [5.41, 5.74) is 1.13. The van der Waals surface area contributed by atoms with Crippen molar-refractivity contribution >= 4 is 38.6 Å². The zero-order chi connectivity index (χ0) is 13.7. The predicted molar refractivity (Wildman–Crippen MR) is 88.4 cm³/mol. The van der Waals surface area contributed by atoms with E-state index >= 15 is 0 Å². The fourth-order valence-corrected chi connectivity index (χ4v) is 4.39. The van der Waals surface area contributed by atoms with Gasteiger partial charge in [-0.3, -0.25) is 0 Å². The van der Waals surface area contributed by atoms with E-state index in [1.165, 1.54) is 20.1 Å². The molecule has 104 valence electrons. The molecule has 0 aliphatic carbocycles. The van der Waals surface area contributed by atoms with Crippen LogP contribution in [0.15, 0.2) is 21.3 Å². The van der Waals surface area contributed by atoms with Gasteiger partial charge in [0.15, 0.2) is 0 Å². The molecule has 2 rings (SSSR count). The van der Waals surface area contributed by atoms with Crippen molar-refractivity contribution in [3.63, 3.8) is 0 Å². The van der Waals surface area contributed by atoms with Crippen LogP contribution in [0.2, 0.25) is 0 Å². The molecule has 2 aromatic rings. The highest BCUT2D eigenvalue weighted by Crippen LogP contribution is 2.24. The third kappa shape index (κ3) is 4.99. The Labute approximate surface area is 131 Å². The molecule has 2 nitrogen and oxygen atoms in total. The molecule has 1 unspecified atom stereocenters. The van der Waals surface area contributed by atoms with Gasteiger partial charge in [0, 0.05) is 28.4 Å². The summed E-state index contributed by atoms with van der Waals surface area (Å²) in [6, 6.07) is 4.82. The van der Waals surface area contributed by atoms with E-state index in [1.807, 2.05) is 11.3 Å². The van der Waals surface area contributed by atoms with E-state index in [9.17, 15) is 0 Å². The van der Waals surface area contributed by atoms with E-state index in [2.05, 4.69) is 57.6 Å². The average Bonchev–Trinajstić information content (AvgIpc) is 2.95. The van der Waals surface area contributed by atoms with Crippen LogP contribution in [-0.2, 0) is 12.8 Å². The fraction of sp³-hybridized carbons (Fsp3) is 0.500. The number of thiophene rings is 1. The SMILES string of the molecule is CCCNC(Cc1ccc(Br)s1)Cc1nc(C)cs1. The number of hydrogen-bond acceptors (Lipinski definition) is 4. The molecule has 2 aromatic heterocycles. The second-order valence-electron chi connectivity index (χ2n) is 4.65. The first-order valence-corrected chi connectivity index (χ1v) is 9.05. The largest absolute Gasteiger partial charge is 0.313 e. The van der Waals surface area contributed by atoms with Gasteiger partial charge in [0.05, 0.1) is 8.79 Å². The molecule has 0 bridgehead atoms. The van der Waals surface area contributed by atoms with Crippen LogP contribution in [0, 0.1) is 6.92 Å². The van der Waals surface area contributed by atoms with Crippen molar-refractivity contribution in [3.05, 3.63) is 36.9 Å². The van der Waals surface area contributed by atoms with E-state index < -0.39 is 0 Å². The zero-order valence-corrected chi connectivity index (χ0v) is 14.5. The molecule has 0 fully saturated rings. The lowest BCUT2D eigenvalue weighted by atomic mass is 10.1. The highest BCUT2D eigenvalue weighted by molar-refractivity contribution is 9.11. The van der Waals surface area contributed by atoms with Gasteiger partial charge in [-0.2, -0.15) is 0 Å². The van der Waals surface area contributed by atoms with Crippen LogP contribution in [0.5, 0.6) is 0 Å². The van der Waals surface area contributed by atoms with Crippen LogP contribution in [-0.4, -0.2) is 17.6 Å². The smallest absolute Gasteiger partial charge is 0.0943 e. The van der Waals surface area contributed by atoms with Gasteiger partial charge < -0.3 is 5.32 Å². The van der Waals surface area contributed by atoms with Crippen LogP contribution in [0.3, 0.4) is 0 Å². The van der Waals surface area contributed by atoms with Crippen molar-refractivity contribution in [2.24, 2.45) is 0 Å². The van der Waals surface area contributed by atoms with Gasteiger partial charge in [-0.05, 0) is 54.4 Å². The van der Waals surface area contributed by atoms with Gasteiger partial charge in [0.2, 0.25) is 0 Å². The number of halogens is 1. The van der Waals surface area contributed by atoms with Gasteiger partial charge in [0.1, 0.15) is 0 Å². The Kier molecular flexibility index (Phi) is 6.01. The van der Waals surface area contributed by atoms with Crippen LogP contribution < -0.4 is 5.32 Å². The Morgan fingerprint density at radius 2 is 2.21 bits per heavy atom. The molecule has 0 aliphatic heterocycles. The molecule has 19 heavy (non-hydrogen) atoms. The maximum absolute atomic E-state index is 4.58. The predicted octanol–water partition coefficient (Wildman–Crippen LogP) is 4.43. The van der Waals surface area contributed by atoms with Gasteiger partial charge in [0.25, 0.3) is 0 Å².